The van der Waals surface area contributed by atoms with E-state index in [9.17, 15) is 4.39 Å². The Morgan fingerprint density at radius 3 is 2.72 bits per heavy atom. The van der Waals surface area contributed by atoms with Crippen LogP contribution < -0.4 is 20.7 Å². The highest BCUT2D eigenvalue weighted by Gasteiger charge is 2.34. The van der Waals surface area contributed by atoms with Gasteiger partial charge in [0.05, 0.1) is 21.8 Å². The number of halogens is 3. The van der Waals surface area contributed by atoms with E-state index in [1.165, 1.54) is 12.1 Å². The number of nitrogen functional groups attached to an aromatic ring is 1. The molecule has 0 spiro atoms. The number of fused-ring (bicyclic) bond motifs is 4. The molecule has 0 radical (unpaired) electrons. The highest BCUT2D eigenvalue weighted by Crippen LogP contribution is 2.43. The van der Waals surface area contributed by atoms with Crippen molar-refractivity contribution in [3.05, 3.63) is 53.1 Å². The molecule has 2 atom stereocenters. The molecule has 2 aliphatic rings. The molecule has 2 saturated heterocycles. The Morgan fingerprint density at radius 1 is 1.13 bits per heavy atom. The highest BCUT2D eigenvalue weighted by molar-refractivity contribution is 7.22. The van der Waals surface area contributed by atoms with Crippen LogP contribution in [0.25, 0.3) is 32.2 Å². The fourth-order valence-corrected chi connectivity index (χ4v) is 6.61. The lowest BCUT2D eigenvalue weighted by atomic mass is 10.0. The van der Waals surface area contributed by atoms with Gasteiger partial charge < -0.3 is 25.7 Å². The quantitative estimate of drug-likeness (QED) is 0.270. The Kier molecular flexibility index (Phi) is 5.98. The molecule has 3 aromatic heterocycles. The van der Waals surface area contributed by atoms with Crippen molar-refractivity contribution in [2.75, 3.05) is 30.3 Å². The van der Waals surface area contributed by atoms with Crippen LogP contribution in [-0.4, -0.2) is 56.7 Å². The Balaban J connectivity index is 1.37. The van der Waals surface area contributed by atoms with Gasteiger partial charge in [0.15, 0.2) is 10.9 Å². The first-order valence-corrected chi connectivity index (χ1v) is 13.8. The summed E-state index contributed by atoms with van der Waals surface area (Å²) >= 11 is 7.73. The van der Waals surface area contributed by atoms with Crippen LogP contribution in [0.3, 0.4) is 0 Å². The van der Waals surface area contributed by atoms with E-state index in [2.05, 4.69) is 30.2 Å². The predicted octanol–water partition coefficient (Wildman–Crippen LogP) is 4.71. The third kappa shape index (κ3) is 4.32. The summed E-state index contributed by atoms with van der Waals surface area (Å²) in [5.41, 5.74) is 6.60. The second-order valence-electron chi connectivity index (χ2n) is 9.78. The van der Waals surface area contributed by atoms with Gasteiger partial charge in [-0.15, -0.1) is 0 Å². The summed E-state index contributed by atoms with van der Waals surface area (Å²) in [7, 11) is 0. The Bertz CT molecular complexity index is 1700. The van der Waals surface area contributed by atoms with Crippen molar-refractivity contribution in [1.29, 1.82) is 0 Å². The number of nitrogens with two attached hydrogens (primary N) is 1. The molecule has 2 aliphatic heterocycles. The summed E-state index contributed by atoms with van der Waals surface area (Å²) in [4.78, 5) is 22.8. The van der Waals surface area contributed by atoms with Gasteiger partial charge in [-0.1, -0.05) is 22.9 Å². The van der Waals surface area contributed by atoms with Crippen molar-refractivity contribution >= 4 is 55.0 Å². The molecule has 7 rings (SSSR count). The number of aromatic nitrogens is 5. The number of nitrogens with one attached hydrogen (secondary N) is 2. The smallest absolute Gasteiger partial charge is 0.319 e. The molecule has 2 fully saturated rings. The van der Waals surface area contributed by atoms with Gasteiger partial charge in [0, 0.05) is 60.5 Å². The molecule has 2 unspecified atom stereocenters. The first-order valence-electron chi connectivity index (χ1n) is 12.6. The van der Waals surface area contributed by atoms with Gasteiger partial charge in [-0.05, 0) is 31.0 Å². The van der Waals surface area contributed by atoms with E-state index in [1.807, 2.05) is 0 Å². The summed E-state index contributed by atoms with van der Waals surface area (Å²) in [6, 6.07) is 5.12. The second kappa shape index (κ2) is 9.54. The zero-order valence-corrected chi connectivity index (χ0v) is 22.1. The van der Waals surface area contributed by atoms with Crippen molar-refractivity contribution < 1.29 is 13.5 Å². The Hall–Kier alpha value is -3.61. The normalized spacial score (nSPS) is 18.9. The number of thiazole rings is 1. The summed E-state index contributed by atoms with van der Waals surface area (Å²) in [5, 5.41) is 4.42. The van der Waals surface area contributed by atoms with Crippen LogP contribution in [0.1, 0.15) is 18.7 Å². The van der Waals surface area contributed by atoms with Gasteiger partial charge in [-0.2, -0.15) is 9.97 Å². The maximum absolute atomic E-state index is 16.5. The van der Waals surface area contributed by atoms with Crippen molar-refractivity contribution in [2.24, 2.45) is 0 Å². The largest absolute Gasteiger partial charge is 0.463 e. The zero-order valence-electron chi connectivity index (χ0n) is 20.5. The molecule has 2 aromatic carbocycles. The minimum Gasteiger partial charge on any atom is -0.463 e. The lowest BCUT2D eigenvalue weighted by molar-refractivity contribution is 0.295. The number of hydrogen-bond acceptors (Lipinski definition) is 9. The van der Waals surface area contributed by atoms with E-state index in [0.717, 1.165) is 43.1 Å². The number of hydrogen-bond donors (Lipinski definition) is 3. The van der Waals surface area contributed by atoms with E-state index in [-0.39, 0.29) is 44.1 Å². The number of imidazole rings is 1. The zero-order chi connectivity index (χ0) is 26.7. The summed E-state index contributed by atoms with van der Waals surface area (Å²) in [5.74, 6) is 0.193. The molecule has 4 N–H and O–H groups in total. The minimum atomic E-state index is -0.658. The van der Waals surface area contributed by atoms with Crippen LogP contribution in [0, 0.1) is 11.6 Å². The molecule has 200 valence electrons. The summed E-state index contributed by atoms with van der Waals surface area (Å²) < 4.78 is 37.1. The number of H-pyrrole nitrogens is 1. The number of aromatic amines is 1. The number of nitrogens with zero attached hydrogens (tertiary/aromatic N) is 5. The van der Waals surface area contributed by atoms with Crippen molar-refractivity contribution in [3.63, 3.8) is 0 Å². The molecule has 0 saturated carbocycles. The van der Waals surface area contributed by atoms with Crippen molar-refractivity contribution in [3.8, 4) is 17.1 Å². The average molecular weight is 569 g/mol. The van der Waals surface area contributed by atoms with E-state index < -0.39 is 11.6 Å². The average Bonchev–Trinajstić information content (AvgIpc) is 3.66. The van der Waals surface area contributed by atoms with Crippen LogP contribution in [-0.2, 0) is 6.42 Å². The van der Waals surface area contributed by atoms with E-state index >= 15 is 4.39 Å². The second-order valence-corrected chi connectivity index (χ2v) is 11.2. The van der Waals surface area contributed by atoms with E-state index in [4.69, 9.17) is 27.1 Å². The molecular formula is C26H23ClF2N8OS. The van der Waals surface area contributed by atoms with Gasteiger partial charge >= 0.3 is 6.01 Å². The number of ether oxygens (including phenoxy) is 1. The molecule has 0 amide bonds. The van der Waals surface area contributed by atoms with Gasteiger partial charge in [0.25, 0.3) is 0 Å². The first kappa shape index (κ1) is 24.4. The third-order valence-corrected chi connectivity index (χ3v) is 8.46. The number of benzene rings is 2. The predicted molar refractivity (Wildman–Crippen MR) is 147 cm³/mol. The van der Waals surface area contributed by atoms with Crippen molar-refractivity contribution in [1.82, 2.24) is 30.2 Å². The van der Waals surface area contributed by atoms with Crippen LogP contribution in [0.15, 0.2) is 30.6 Å². The third-order valence-electron chi connectivity index (χ3n) is 7.26. The first-order chi connectivity index (χ1) is 18.9. The van der Waals surface area contributed by atoms with Crippen LogP contribution in [0.4, 0.5) is 19.7 Å². The minimum absolute atomic E-state index is 0.0595. The lowest BCUT2D eigenvalue weighted by Gasteiger charge is -2.34. The monoisotopic (exact) mass is 568 g/mol. The Labute approximate surface area is 230 Å². The van der Waals surface area contributed by atoms with Crippen LogP contribution in [0.5, 0.6) is 6.01 Å². The molecule has 0 aliphatic carbocycles. The standard InChI is InChI=1S/C26H23ClF2N8OS/c27-16-9-15-21(20(29)19(16)14-3-4-17(28)23-22(14)34-25(30)39-23)35-26(38-8-5-18-31-6-7-32-18)36-24(15)37-10-12-1-2-13(11-37)33-12/h3-4,6-7,9,12-13,33H,1-2,5,8,10-11H2,(H2,30,34)(H,31,32). The van der Waals surface area contributed by atoms with E-state index in [0.29, 0.717) is 35.3 Å². The van der Waals surface area contributed by atoms with Crippen LogP contribution in [0.2, 0.25) is 5.02 Å². The molecule has 5 heterocycles. The van der Waals surface area contributed by atoms with Gasteiger partial charge in [0.2, 0.25) is 0 Å². The van der Waals surface area contributed by atoms with Gasteiger partial charge in [0.1, 0.15) is 23.0 Å². The molecular weight excluding hydrogens is 546 g/mol. The SMILES string of the molecule is Nc1nc2c(-c3c(Cl)cc4c(N5CC6CCC(C5)N6)nc(OCCc5ncc[nH]5)nc4c3F)ccc(F)c2s1. The van der Waals surface area contributed by atoms with Gasteiger partial charge in [-0.3, -0.25) is 0 Å². The van der Waals surface area contributed by atoms with Crippen molar-refractivity contribution in [2.45, 2.75) is 31.3 Å². The highest BCUT2D eigenvalue weighted by atomic mass is 35.5. The lowest BCUT2D eigenvalue weighted by Crippen LogP contribution is -2.51. The molecule has 39 heavy (non-hydrogen) atoms. The molecule has 5 aromatic rings. The fraction of sp³-hybridized carbons (Fsp3) is 0.308. The molecule has 13 heteroatoms. The van der Waals surface area contributed by atoms with Crippen LogP contribution >= 0.6 is 22.9 Å². The molecule has 2 bridgehead atoms. The Morgan fingerprint density at radius 2 is 1.95 bits per heavy atom. The van der Waals surface area contributed by atoms with Gasteiger partial charge in [-0.25, -0.2) is 18.7 Å². The maximum atomic E-state index is 16.5. The summed E-state index contributed by atoms with van der Waals surface area (Å²) in [6.07, 6.45) is 6.07. The maximum Gasteiger partial charge on any atom is 0.319 e. The number of piperazine rings is 1. The number of anilines is 2. The fourth-order valence-electron chi connectivity index (χ4n) is 5.55. The topological polar surface area (TPSA) is 118 Å². The summed E-state index contributed by atoms with van der Waals surface area (Å²) in [6.45, 7) is 1.71. The van der Waals surface area contributed by atoms with E-state index in [1.54, 1.807) is 18.5 Å². The number of rotatable bonds is 6. The molecule has 9 nitrogen and oxygen atoms in total.